The Bertz CT molecular complexity index is 652. The molecule has 0 bridgehead atoms. The molecule has 136 valence electrons. The lowest BCUT2D eigenvalue weighted by Crippen LogP contribution is -2.31. The van der Waals surface area contributed by atoms with Crippen LogP contribution in [0.3, 0.4) is 0 Å². The normalized spacial score (nSPS) is 12.7. The fourth-order valence-electron chi connectivity index (χ4n) is 2.13. The molecule has 0 fully saturated rings. The van der Waals surface area contributed by atoms with Crippen molar-refractivity contribution in [2.24, 2.45) is 5.92 Å². The van der Waals surface area contributed by atoms with Crippen molar-refractivity contribution >= 4 is 23.8 Å². The van der Waals surface area contributed by atoms with E-state index in [1.165, 1.54) is 6.92 Å². The molecule has 1 aromatic carbocycles. The minimum atomic E-state index is -0.830. The first-order chi connectivity index (χ1) is 11.6. The van der Waals surface area contributed by atoms with Crippen molar-refractivity contribution in [3.8, 4) is 0 Å². The summed E-state index contributed by atoms with van der Waals surface area (Å²) in [5.74, 6) is -1.97. The smallest absolute Gasteiger partial charge is 0.338 e. The van der Waals surface area contributed by atoms with Crippen LogP contribution in [-0.2, 0) is 19.1 Å². The number of ketones is 1. The summed E-state index contributed by atoms with van der Waals surface area (Å²) in [6.07, 6.45) is 3.75. The van der Waals surface area contributed by atoms with Crippen molar-refractivity contribution in [2.75, 3.05) is 6.61 Å². The molecule has 25 heavy (non-hydrogen) atoms. The van der Waals surface area contributed by atoms with Crippen molar-refractivity contribution in [2.45, 2.75) is 46.6 Å². The first-order valence-corrected chi connectivity index (χ1v) is 8.31. The lowest BCUT2D eigenvalue weighted by molar-refractivity contribution is -0.161. The molecular formula is C20H26O5. The van der Waals surface area contributed by atoms with Gasteiger partial charge in [0.05, 0.1) is 12.2 Å². The van der Waals surface area contributed by atoms with Crippen LogP contribution in [0.4, 0.5) is 0 Å². The van der Waals surface area contributed by atoms with Crippen LogP contribution in [0.25, 0.3) is 6.08 Å². The first-order valence-electron chi connectivity index (χ1n) is 8.31. The zero-order valence-electron chi connectivity index (χ0n) is 15.5. The monoisotopic (exact) mass is 346 g/mol. The van der Waals surface area contributed by atoms with Gasteiger partial charge in [-0.3, -0.25) is 9.59 Å². The number of esters is 2. The number of carbonyl (C=O) groups is 3. The Morgan fingerprint density at radius 2 is 1.88 bits per heavy atom. The minimum absolute atomic E-state index is 0.237. The van der Waals surface area contributed by atoms with Gasteiger partial charge < -0.3 is 9.47 Å². The third-order valence-corrected chi connectivity index (χ3v) is 3.26. The van der Waals surface area contributed by atoms with E-state index < -0.39 is 17.5 Å². The van der Waals surface area contributed by atoms with E-state index in [1.54, 1.807) is 58.0 Å². The van der Waals surface area contributed by atoms with Gasteiger partial charge in [0.2, 0.25) is 0 Å². The Labute approximate surface area is 149 Å². The quantitative estimate of drug-likeness (QED) is 0.554. The number of allylic oxidation sites excluding steroid dienone is 1. The van der Waals surface area contributed by atoms with E-state index >= 15 is 0 Å². The number of benzene rings is 1. The van der Waals surface area contributed by atoms with Crippen LogP contribution in [-0.4, -0.2) is 29.9 Å². The lowest BCUT2D eigenvalue weighted by Gasteiger charge is -2.22. The molecule has 1 aromatic rings. The molecule has 0 saturated heterocycles. The summed E-state index contributed by atoms with van der Waals surface area (Å²) in [4.78, 5) is 35.6. The van der Waals surface area contributed by atoms with Gasteiger partial charge in [-0.1, -0.05) is 24.3 Å². The summed E-state index contributed by atoms with van der Waals surface area (Å²) >= 11 is 0. The van der Waals surface area contributed by atoms with Gasteiger partial charge in [-0.15, -0.1) is 0 Å². The highest BCUT2D eigenvalue weighted by molar-refractivity contribution is 5.98. The third-order valence-electron chi connectivity index (χ3n) is 3.26. The van der Waals surface area contributed by atoms with E-state index in [0.29, 0.717) is 12.2 Å². The second kappa shape index (κ2) is 9.16. The number of hydrogen-bond donors (Lipinski definition) is 0. The molecule has 0 amide bonds. The molecule has 0 N–H and O–H groups in total. The number of carbonyl (C=O) groups excluding carboxylic acids is 3. The highest BCUT2D eigenvalue weighted by atomic mass is 16.6. The molecule has 0 aromatic heterocycles. The largest absolute Gasteiger partial charge is 0.462 e. The highest BCUT2D eigenvalue weighted by Crippen LogP contribution is 2.16. The minimum Gasteiger partial charge on any atom is -0.462 e. The maximum Gasteiger partial charge on any atom is 0.338 e. The Morgan fingerprint density at radius 1 is 1.20 bits per heavy atom. The topological polar surface area (TPSA) is 69.7 Å². The molecule has 5 heteroatoms. The molecule has 0 heterocycles. The van der Waals surface area contributed by atoms with Gasteiger partial charge >= 0.3 is 11.9 Å². The molecule has 1 atom stereocenters. The van der Waals surface area contributed by atoms with Gasteiger partial charge in [-0.2, -0.15) is 0 Å². The highest BCUT2D eigenvalue weighted by Gasteiger charge is 2.27. The van der Waals surface area contributed by atoms with Gasteiger partial charge in [-0.25, -0.2) is 4.79 Å². The number of Topliss-reactive ketones (excluding diaryl/α,β-unsaturated/α-hetero) is 1. The Morgan fingerprint density at radius 3 is 2.44 bits per heavy atom. The summed E-state index contributed by atoms with van der Waals surface area (Å²) < 4.78 is 10.3. The van der Waals surface area contributed by atoms with Crippen molar-refractivity contribution in [3.05, 3.63) is 41.5 Å². The second-order valence-corrected chi connectivity index (χ2v) is 6.68. The van der Waals surface area contributed by atoms with Crippen LogP contribution < -0.4 is 0 Å². The maximum absolute atomic E-state index is 12.1. The van der Waals surface area contributed by atoms with Crippen LogP contribution in [0.1, 0.15) is 57.0 Å². The van der Waals surface area contributed by atoms with Crippen LogP contribution in [0.5, 0.6) is 0 Å². The maximum atomic E-state index is 12.1. The molecule has 0 radical (unpaired) electrons. The van der Waals surface area contributed by atoms with Crippen molar-refractivity contribution in [1.82, 2.24) is 0 Å². The van der Waals surface area contributed by atoms with Crippen LogP contribution >= 0.6 is 0 Å². The summed E-state index contributed by atoms with van der Waals surface area (Å²) in [7, 11) is 0. The van der Waals surface area contributed by atoms with E-state index in [2.05, 4.69) is 0 Å². The summed E-state index contributed by atoms with van der Waals surface area (Å²) in [6.45, 7) is 8.73. The zero-order valence-corrected chi connectivity index (χ0v) is 15.5. The number of ether oxygens (including phenoxy) is 2. The predicted octanol–water partition coefficient (Wildman–Crippen LogP) is 3.81. The van der Waals surface area contributed by atoms with Crippen LogP contribution in [0, 0.1) is 5.92 Å². The molecular weight excluding hydrogens is 320 g/mol. The van der Waals surface area contributed by atoms with Gasteiger partial charge in [0.15, 0.2) is 0 Å². The molecule has 1 unspecified atom stereocenters. The Hall–Kier alpha value is -2.43. The average Bonchev–Trinajstić information content (AvgIpc) is 2.50. The van der Waals surface area contributed by atoms with Gasteiger partial charge in [0, 0.05) is 0 Å². The molecule has 5 nitrogen and oxygen atoms in total. The standard InChI is InChI=1S/C20H26O5/c1-6-24-18(22)16-11-7-9-15(13-16)10-8-12-17(14(2)21)19(23)25-20(3,4)5/h7-11,13,17H,6,12H2,1-5H3. The third kappa shape index (κ3) is 7.33. The van der Waals surface area contributed by atoms with Gasteiger partial charge in [-0.05, 0) is 58.7 Å². The number of rotatable bonds is 7. The average molecular weight is 346 g/mol. The van der Waals surface area contributed by atoms with Crippen molar-refractivity contribution in [1.29, 1.82) is 0 Å². The second-order valence-electron chi connectivity index (χ2n) is 6.68. The molecule has 0 aliphatic heterocycles. The Kier molecular flexibility index (Phi) is 7.55. The van der Waals surface area contributed by atoms with E-state index in [-0.39, 0.29) is 18.2 Å². The van der Waals surface area contributed by atoms with Gasteiger partial charge in [0.1, 0.15) is 17.3 Å². The summed E-state index contributed by atoms with van der Waals surface area (Å²) in [5.41, 5.74) is 0.610. The molecule has 0 aliphatic carbocycles. The predicted molar refractivity (Wildman–Crippen MR) is 96.1 cm³/mol. The number of hydrogen-bond acceptors (Lipinski definition) is 5. The van der Waals surface area contributed by atoms with Crippen LogP contribution in [0.15, 0.2) is 30.3 Å². The van der Waals surface area contributed by atoms with Gasteiger partial charge in [0.25, 0.3) is 0 Å². The van der Waals surface area contributed by atoms with Crippen molar-refractivity contribution in [3.63, 3.8) is 0 Å². The molecule has 1 rings (SSSR count). The van der Waals surface area contributed by atoms with E-state index in [9.17, 15) is 14.4 Å². The van der Waals surface area contributed by atoms with E-state index in [1.807, 2.05) is 6.07 Å². The zero-order chi connectivity index (χ0) is 19.0. The summed E-state index contributed by atoms with van der Waals surface area (Å²) in [6, 6.07) is 6.96. The van der Waals surface area contributed by atoms with E-state index in [0.717, 1.165) is 5.56 Å². The lowest BCUT2D eigenvalue weighted by atomic mass is 9.99. The fourth-order valence-corrected chi connectivity index (χ4v) is 2.13. The fraction of sp³-hybridized carbons (Fsp3) is 0.450. The molecule has 0 spiro atoms. The SMILES string of the molecule is CCOC(=O)c1cccc(C=CCC(C(C)=O)C(=O)OC(C)(C)C)c1. The van der Waals surface area contributed by atoms with E-state index in [4.69, 9.17) is 9.47 Å². The Balaban J connectivity index is 2.80. The first kappa shape index (κ1) is 20.6. The van der Waals surface area contributed by atoms with Crippen molar-refractivity contribution < 1.29 is 23.9 Å². The molecule has 0 aliphatic rings. The molecule has 0 saturated carbocycles. The van der Waals surface area contributed by atoms with Crippen LogP contribution in [0.2, 0.25) is 0 Å². The summed E-state index contributed by atoms with van der Waals surface area (Å²) in [5, 5.41) is 0.